The van der Waals surface area contributed by atoms with Crippen LogP contribution in [0.2, 0.25) is 0 Å². The molecule has 5 heteroatoms. The Hall–Kier alpha value is -1.23. The molecule has 0 aliphatic rings. The molecule has 4 nitrogen and oxygen atoms in total. The van der Waals surface area contributed by atoms with Gasteiger partial charge in [-0.2, -0.15) is 5.10 Å². The fraction of sp³-hybridized carbons (Fsp3) is 0.455. The molecule has 0 bridgehead atoms. The lowest BCUT2D eigenvalue weighted by Gasteiger charge is -2.09. The maximum Gasteiger partial charge on any atom is 0.233 e. The molecule has 0 saturated carbocycles. The Morgan fingerprint density at radius 3 is 3.12 bits per heavy atom. The van der Waals surface area contributed by atoms with Gasteiger partial charge in [-0.25, -0.2) is 0 Å². The third-order valence-corrected chi connectivity index (χ3v) is 3.22. The van der Waals surface area contributed by atoms with E-state index in [1.165, 1.54) is 0 Å². The summed E-state index contributed by atoms with van der Waals surface area (Å²) in [6, 6.07) is 1.96. The van der Waals surface area contributed by atoms with E-state index in [1.54, 1.807) is 22.5 Å². The van der Waals surface area contributed by atoms with Gasteiger partial charge in [-0.1, -0.05) is 6.08 Å². The summed E-state index contributed by atoms with van der Waals surface area (Å²) >= 11 is 1.58. The molecule has 16 heavy (non-hydrogen) atoms. The second kappa shape index (κ2) is 6.37. The van der Waals surface area contributed by atoms with E-state index in [9.17, 15) is 4.79 Å². The highest BCUT2D eigenvalue weighted by molar-refractivity contribution is 7.99. The number of hydrogen-bond donors (Lipinski definition) is 1. The van der Waals surface area contributed by atoms with Crippen molar-refractivity contribution >= 4 is 17.7 Å². The molecule has 1 heterocycles. The quantitative estimate of drug-likeness (QED) is 0.762. The van der Waals surface area contributed by atoms with Crippen LogP contribution in [0.4, 0.5) is 0 Å². The largest absolute Gasteiger partial charge is 0.352 e. The lowest BCUT2D eigenvalue weighted by atomic mass is 10.4. The summed E-state index contributed by atoms with van der Waals surface area (Å²) in [5.74, 6) is 0.796. The van der Waals surface area contributed by atoms with Crippen molar-refractivity contribution in [3.05, 3.63) is 30.6 Å². The summed E-state index contributed by atoms with van der Waals surface area (Å²) in [6.07, 6.45) is 3.58. The Kier molecular flexibility index (Phi) is 5.11. The molecule has 0 aromatic carbocycles. The van der Waals surface area contributed by atoms with Crippen LogP contribution in [0.5, 0.6) is 0 Å². The van der Waals surface area contributed by atoms with Gasteiger partial charge in [-0.3, -0.25) is 9.48 Å². The molecule has 1 amide bonds. The van der Waals surface area contributed by atoms with Gasteiger partial charge in [-0.15, -0.1) is 18.3 Å². The van der Waals surface area contributed by atoms with Gasteiger partial charge in [0.25, 0.3) is 0 Å². The number of nitrogens with zero attached hydrogens (tertiary/aromatic N) is 2. The van der Waals surface area contributed by atoms with Crippen molar-refractivity contribution in [2.45, 2.75) is 17.9 Å². The Morgan fingerprint density at radius 2 is 2.56 bits per heavy atom. The monoisotopic (exact) mass is 239 g/mol. The molecule has 0 aliphatic carbocycles. The van der Waals surface area contributed by atoms with Crippen molar-refractivity contribution in [1.82, 2.24) is 15.1 Å². The predicted molar refractivity (Wildman–Crippen MR) is 67.2 cm³/mol. The number of carbonyl (C=O) groups excluding carboxylic acids is 1. The van der Waals surface area contributed by atoms with Crippen LogP contribution < -0.4 is 5.32 Å². The lowest BCUT2D eigenvalue weighted by molar-refractivity contribution is -0.120. The molecule has 1 rings (SSSR count). The Morgan fingerprint density at radius 1 is 1.81 bits per heavy atom. The van der Waals surface area contributed by atoms with Gasteiger partial charge < -0.3 is 5.32 Å². The van der Waals surface area contributed by atoms with Crippen LogP contribution >= 0.6 is 11.8 Å². The third-order valence-electron chi connectivity index (χ3n) is 2.04. The van der Waals surface area contributed by atoms with E-state index >= 15 is 0 Å². The highest BCUT2D eigenvalue weighted by atomic mass is 32.2. The number of rotatable bonds is 6. The maximum absolute atomic E-state index is 11.5. The molecular weight excluding hydrogens is 222 g/mol. The van der Waals surface area contributed by atoms with Crippen molar-refractivity contribution in [2.24, 2.45) is 7.05 Å². The Labute approximate surface area is 100 Å². The van der Waals surface area contributed by atoms with Crippen molar-refractivity contribution in [3.8, 4) is 0 Å². The molecule has 0 aliphatic heterocycles. The van der Waals surface area contributed by atoms with E-state index in [4.69, 9.17) is 0 Å². The lowest BCUT2D eigenvalue weighted by Crippen LogP contribution is -2.30. The second-order valence-electron chi connectivity index (χ2n) is 3.47. The van der Waals surface area contributed by atoms with Gasteiger partial charge in [0.15, 0.2) is 0 Å². The van der Waals surface area contributed by atoms with Crippen LogP contribution in [0.3, 0.4) is 0 Å². The zero-order chi connectivity index (χ0) is 12.0. The van der Waals surface area contributed by atoms with Crippen LogP contribution in [0, 0.1) is 0 Å². The standard InChI is InChI=1S/C11H17N3OS/c1-4-6-12-11(15)9(2)16-8-10-5-7-14(3)13-10/h4-5,7,9H,1,6,8H2,2-3H3,(H,12,15)/t9-/m0/s1. The molecule has 1 aromatic heterocycles. The first-order valence-corrected chi connectivity index (χ1v) is 6.17. The van der Waals surface area contributed by atoms with Crippen LogP contribution in [0.25, 0.3) is 0 Å². The number of carbonyl (C=O) groups is 1. The zero-order valence-electron chi connectivity index (χ0n) is 9.64. The summed E-state index contributed by atoms with van der Waals surface area (Å²) in [5.41, 5.74) is 0.996. The van der Waals surface area contributed by atoms with E-state index in [2.05, 4.69) is 17.0 Å². The maximum atomic E-state index is 11.5. The normalized spacial score (nSPS) is 12.1. The molecule has 88 valence electrons. The first-order valence-electron chi connectivity index (χ1n) is 5.12. The number of hydrogen-bond acceptors (Lipinski definition) is 3. The molecular formula is C11H17N3OS. The number of nitrogens with one attached hydrogen (secondary N) is 1. The number of amides is 1. The first kappa shape index (κ1) is 12.8. The van der Waals surface area contributed by atoms with E-state index in [0.29, 0.717) is 6.54 Å². The minimum Gasteiger partial charge on any atom is -0.352 e. The highest BCUT2D eigenvalue weighted by Crippen LogP contribution is 2.16. The van der Waals surface area contributed by atoms with Gasteiger partial charge in [0.05, 0.1) is 10.9 Å². The topological polar surface area (TPSA) is 46.9 Å². The van der Waals surface area contributed by atoms with E-state index in [1.807, 2.05) is 26.2 Å². The number of aromatic nitrogens is 2. The average molecular weight is 239 g/mol. The highest BCUT2D eigenvalue weighted by Gasteiger charge is 2.12. The Balaban J connectivity index is 2.31. The second-order valence-corrected chi connectivity index (χ2v) is 4.80. The van der Waals surface area contributed by atoms with Crippen LogP contribution in [0.1, 0.15) is 12.6 Å². The summed E-state index contributed by atoms with van der Waals surface area (Å²) in [5, 5.41) is 6.95. The molecule has 1 N–H and O–H groups in total. The van der Waals surface area contributed by atoms with Gasteiger partial charge in [0.1, 0.15) is 0 Å². The summed E-state index contributed by atoms with van der Waals surface area (Å²) in [7, 11) is 1.88. The van der Waals surface area contributed by atoms with Crippen molar-refractivity contribution in [1.29, 1.82) is 0 Å². The van der Waals surface area contributed by atoms with Gasteiger partial charge in [0, 0.05) is 25.5 Å². The first-order chi connectivity index (χ1) is 7.63. The minimum absolute atomic E-state index is 0.0424. The van der Waals surface area contributed by atoms with Gasteiger partial charge in [-0.05, 0) is 13.0 Å². The predicted octanol–water partition coefficient (Wildman–Crippen LogP) is 1.34. The van der Waals surface area contributed by atoms with E-state index in [0.717, 1.165) is 11.4 Å². The molecule has 1 aromatic rings. The van der Waals surface area contributed by atoms with Crippen LogP contribution in [0.15, 0.2) is 24.9 Å². The van der Waals surface area contributed by atoms with Crippen molar-refractivity contribution in [3.63, 3.8) is 0 Å². The summed E-state index contributed by atoms with van der Waals surface area (Å²) < 4.78 is 1.76. The van der Waals surface area contributed by atoms with Crippen LogP contribution in [-0.2, 0) is 17.6 Å². The zero-order valence-corrected chi connectivity index (χ0v) is 10.5. The average Bonchev–Trinajstić information content (AvgIpc) is 2.68. The number of thioether (sulfide) groups is 1. The molecule has 0 fully saturated rings. The fourth-order valence-corrected chi connectivity index (χ4v) is 1.95. The van der Waals surface area contributed by atoms with Gasteiger partial charge in [0.2, 0.25) is 5.91 Å². The fourth-order valence-electron chi connectivity index (χ4n) is 1.14. The number of aryl methyl sites for hydroxylation is 1. The smallest absolute Gasteiger partial charge is 0.233 e. The van der Waals surface area contributed by atoms with E-state index < -0.39 is 0 Å². The van der Waals surface area contributed by atoms with Crippen molar-refractivity contribution in [2.75, 3.05) is 6.54 Å². The summed E-state index contributed by atoms with van der Waals surface area (Å²) in [4.78, 5) is 11.5. The van der Waals surface area contributed by atoms with Gasteiger partial charge >= 0.3 is 0 Å². The third kappa shape index (κ3) is 4.10. The Bertz CT molecular complexity index is 362. The minimum atomic E-state index is -0.0676. The SMILES string of the molecule is C=CCNC(=O)[C@H](C)SCc1ccn(C)n1. The molecule has 0 unspecified atom stereocenters. The molecule has 0 radical (unpaired) electrons. The molecule has 0 spiro atoms. The van der Waals surface area contributed by atoms with Crippen LogP contribution in [-0.4, -0.2) is 27.5 Å². The molecule has 1 atom stereocenters. The molecule has 0 saturated heterocycles. The summed E-state index contributed by atoms with van der Waals surface area (Å²) in [6.45, 7) is 5.97. The van der Waals surface area contributed by atoms with E-state index in [-0.39, 0.29) is 11.2 Å². The van der Waals surface area contributed by atoms with Crippen molar-refractivity contribution < 1.29 is 4.79 Å².